The highest BCUT2D eigenvalue weighted by atomic mass is 16.6. The van der Waals surface area contributed by atoms with E-state index in [1.165, 1.54) is 25.7 Å². The minimum absolute atomic E-state index is 0.145. The van der Waals surface area contributed by atoms with Gasteiger partial charge >= 0.3 is 5.97 Å². The molecule has 51 heavy (non-hydrogen) atoms. The highest BCUT2D eigenvalue weighted by Crippen LogP contribution is 2.12. The van der Waals surface area contributed by atoms with Gasteiger partial charge in [0.25, 0.3) is 0 Å². The third-order valence-electron chi connectivity index (χ3n) is 6.95. The summed E-state index contributed by atoms with van der Waals surface area (Å²) in [4.78, 5) is 11.7. The smallest absolute Gasteiger partial charge is 0.305 e. The number of unbranched alkanes of at least 4 members (excludes halogenated alkanes) is 5. The van der Waals surface area contributed by atoms with Gasteiger partial charge in [0.05, 0.1) is 132 Å². The molecule has 1 aromatic carbocycles. The minimum Gasteiger partial charge on any atom is -0.491 e. The molecule has 298 valence electrons. The van der Waals surface area contributed by atoms with E-state index in [1.54, 1.807) is 12.1 Å². The maximum absolute atomic E-state index is 11.7. The summed E-state index contributed by atoms with van der Waals surface area (Å²) >= 11 is 0. The molecule has 0 unspecified atom stereocenters. The van der Waals surface area contributed by atoms with Gasteiger partial charge in [-0.15, -0.1) is 0 Å². The van der Waals surface area contributed by atoms with Crippen LogP contribution in [0.3, 0.4) is 0 Å². The van der Waals surface area contributed by atoms with Crippen LogP contribution in [0.5, 0.6) is 5.75 Å². The molecule has 0 aliphatic heterocycles. The number of esters is 1. The van der Waals surface area contributed by atoms with Gasteiger partial charge in [-0.3, -0.25) is 4.79 Å². The Kier molecular flexibility index (Phi) is 36.0. The van der Waals surface area contributed by atoms with Crippen LogP contribution in [0.25, 0.3) is 0 Å². The summed E-state index contributed by atoms with van der Waals surface area (Å²) in [5, 5.41) is 0. The van der Waals surface area contributed by atoms with Crippen molar-refractivity contribution in [3.8, 4) is 5.75 Å². The molecule has 0 amide bonds. The van der Waals surface area contributed by atoms with Gasteiger partial charge in [0.1, 0.15) is 19.0 Å². The molecule has 0 aromatic heterocycles. The van der Waals surface area contributed by atoms with Gasteiger partial charge in [-0.2, -0.15) is 0 Å². The fourth-order valence-electron chi connectivity index (χ4n) is 4.20. The van der Waals surface area contributed by atoms with Crippen molar-refractivity contribution in [2.45, 2.75) is 51.9 Å². The number of anilines is 1. The minimum atomic E-state index is -0.145. The fourth-order valence-corrected chi connectivity index (χ4v) is 4.20. The molecule has 0 aliphatic rings. The van der Waals surface area contributed by atoms with Crippen LogP contribution in [0.15, 0.2) is 24.3 Å². The van der Waals surface area contributed by atoms with E-state index in [1.807, 2.05) is 12.1 Å². The van der Waals surface area contributed by atoms with Gasteiger partial charge in [0.2, 0.25) is 0 Å². The third-order valence-corrected chi connectivity index (χ3v) is 6.95. The first-order valence-electron chi connectivity index (χ1n) is 18.6. The van der Waals surface area contributed by atoms with Crippen molar-refractivity contribution in [1.29, 1.82) is 0 Å². The van der Waals surface area contributed by atoms with Crippen LogP contribution in [-0.4, -0.2) is 151 Å². The topological polar surface area (TPSA) is 154 Å². The molecule has 0 radical (unpaired) electrons. The number of carbonyl (C=O) groups is 1. The molecule has 2 N–H and O–H groups in total. The first kappa shape index (κ1) is 46.9. The number of carbonyl (C=O) groups excluding carboxylic acids is 1. The lowest BCUT2D eigenvalue weighted by atomic mass is 10.1. The summed E-state index contributed by atoms with van der Waals surface area (Å²) in [6.07, 6.45) is 7.41. The first-order valence-corrected chi connectivity index (χ1v) is 18.6. The summed E-state index contributed by atoms with van der Waals surface area (Å²) in [5.41, 5.74) is 6.35. The normalized spacial score (nSPS) is 11.3. The summed E-state index contributed by atoms with van der Waals surface area (Å²) in [6, 6.07) is 7.26. The summed E-state index contributed by atoms with van der Waals surface area (Å²) in [7, 11) is 0. The molecule has 0 aliphatic carbocycles. The molecule has 14 heteroatoms. The summed E-state index contributed by atoms with van der Waals surface area (Å²) < 4.78 is 65.5. The Morgan fingerprint density at radius 1 is 0.431 bits per heavy atom. The van der Waals surface area contributed by atoms with Crippen LogP contribution < -0.4 is 10.5 Å². The zero-order valence-corrected chi connectivity index (χ0v) is 31.2. The van der Waals surface area contributed by atoms with Crippen molar-refractivity contribution >= 4 is 11.7 Å². The lowest BCUT2D eigenvalue weighted by Crippen LogP contribution is -2.15. The zero-order chi connectivity index (χ0) is 36.6. The average Bonchev–Trinajstić information content (AvgIpc) is 3.14. The van der Waals surface area contributed by atoms with Gasteiger partial charge in [0.15, 0.2) is 0 Å². The second-order valence-electron chi connectivity index (χ2n) is 11.3. The lowest BCUT2D eigenvalue weighted by Gasteiger charge is -2.09. The van der Waals surface area contributed by atoms with E-state index in [9.17, 15) is 4.79 Å². The molecule has 0 heterocycles. The van der Waals surface area contributed by atoms with E-state index in [4.69, 9.17) is 62.6 Å². The molecule has 0 fully saturated rings. The molecule has 0 atom stereocenters. The SMILES string of the molecule is CCCCCCCCC(=O)OCCOCCOCCOCCOCCOCCOCCOCCOCCOCCOCCOc1ccc(N)cc1. The monoisotopic (exact) mass is 733 g/mol. The maximum atomic E-state index is 11.7. The Hall–Kier alpha value is -2.11. The van der Waals surface area contributed by atoms with E-state index in [0.717, 1.165) is 18.6 Å². The number of hydrogen-bond donors (Lipinski definition) is 1. The number of hydrogen-bond acceptors (Lipinski definition) is 14. The van der Waals surface area contributed by atoms with E-state index in [0.29, 0.717) is 151 Å². The molecule has 1 rings (SSSR count). The van der Waals surface area contributed by atoms with Crippen molar-refractivity contribution in [2.24, 2.45) is 0 Å². The van der Waals surface area contributed by atoms with Gasteiger partial charge in [0, 0.05) is 12.1 Å². The van der Waals surface area contributed by atoms with Crippen molar-refractivity contribution in [3.05, 3.63) is 24.3 Å². The second-order valence-corrected chi connectivity index (χ2v) is 11.3. The van der Waals surface area contributed by atoms with Crippen LogP contribution in [-0.2, 0) is 56.9 Å². The molecule has 0 saturated carbocycles. The van der Waals surface area contributed by atoms with Crippen molar-refractivity contribution in [3.63, 3.8) is 0 Å². The van der Waals surface area contributed by atoms with Crippen molar-refractivity contribution < 1.29 is 61.6 Å². The third kappa shape index (κ3) is 36.1. The second kappa shape index (κ2) is 39.1. The zero-order valence-electron chi connectivity index (χ0n) is 31.2. The average molecular weight is 734 g/mol. The first-order chi connectivity index (χ1) is 25.2. The van der Waals surface area contributed by atoms with E-state index >= 15 is 0 Å². The highest BCUT2D eigenvalue weighted by molar-refractivity contribution is 5.69. The summed E-state index contributed by atoms with van der Waals surface area (Å²) in [5.74, 6) is 0.624. The highest BCUT2D eigenvalue weighted by Gasteiger charge is 2.03. The molecule has 0 spiro atoms. The number of nitrogens with two attached hydrogens (primary N) is 1. The largest absolute Gasteiger partial charge is 0.491 e. The molecular formula is C37H67NO13. The number of nitrogen functional groups attached to an aromatic ring is 1. The van der Waals surface area contributed by atoms with E-state index < -0.39 is 0 Å². The number of benzene rings is 1. The maximum Gasteiger partial charge on any atom is 0.305 e. The predicted octanol–water partition coefficient (Wildman–Crippen LogP) is 4.11. The van der Waals surface area contributed by atoms with Crippen molar-refractivity contribution in [2.75, 3.05) is 151 Å². The van der Waals surface area contributed by atoms with Crippen LogP contribution in [0.1, 0.15) is 51.9 Å². The molecule has 1 aromatic rings. The van der Waals surface area contributed by atoms with Gasteiger partial charge in [-0.1, -0.05) is 39.0 Å². The predicted molar refractivity (Wildman–Crippen MR) is 193 cm³/mol. The Labute approximate surface area is 306 Å². The lowest BCUT2D eigenvalue weighted by molar-refractivity contribution is -0.145. The standard InChI is InChI=1S/C37H67NO13/c1-2-3-4-5-6-7-8-37(39)51-34-32-49-30-28-47-26-24-45-22-20-43-18-16-41-14-13-40-15-17-42-19-21-44-23-25-46-27-29-48-31-33-50-36-11-9-35(38)10-12-36/h9-12H,2-8,13-34,38H2,1H3. The molecule has 0 bridgehead atoms. The van der Waals surface area contributed by atoms with Gasteiger partial charge in [-0.25, -0.2) is 0 Å². The van der Waals surface area contributed by atoms with Gasteiger partial charge in [-0.05, 0) is 30.7 Å². The molecule has 14 nitrogen and oxygen atoms in total. The Balaban J connectivity index is 1.63. The van der Waals surface area contributed by atoms with Gasteiger partial charge < -0.3 is 62.6 Å². The fraction of sp³-hybridized carbons (Fsp3) is 0.811. The van der Waals surface area contributed by atoms with Crippen LogP contribution in [0, 0.1) is 0 Å². The Morgan fingerprint density at radius 2 is 0.745 bits per heavy atom. The Morgan fingerprint density at radius 3 is 1.12 bits per heavy atom. The quantitative estimate of drug-likeness (QED) is 0.0584. The van der Waals surface area contributed by atoms with E-state index in [2.05, 4.69) is 6.92 Å². The molecular weight excluding hydrogens is 666 g/mol. The molecule has 0 saturated heterocycles. The van der Waals surface area contributed by atoms with Crippen molar-refractivity contribution in [1.82, 2.24) is 0 Å². The number of ether oxygens (including phenoxy) is 12. The number of rotatable bonds is 41. The van der Waals surface area contributed by atoms with Crippen LogP contribution in [0.4, 0.5) is 5.69 Å². The Bertz CT molecular complexity index is 850. The summed E-state index contributed by atoms with van der Waals surface area (Å²) in [6.45, 7) is 12.7. The van der Waals surface area contributed by atoms with Crippen LogP contribution in [0.2, 0.25) is 0 Å². The van der Waals surface area contributed by atoms with E-state index in [-0.39, 0.29) is 12.6 Å². The van der Waals surface area contributed by atoms with Crippen LogP contribution >= 0.6 is 0 Å².